The zero-order valence-corrected chi connectivity index (χ0v) is 13.0. The second-order valence-corrected chi connectivity index (χ2v) is 6.20. The molecule has 2 nitrogen and oxygen atoms in total. The number of nitrogens with zero attached hydrogens (tertiary/aromatic N) is 1. The highest BCUT2D eigenvalue weighted by molar-refractivity contribution is 9.10. The standard InChI is InChI=1S/C17H19BrN2/c18-15-6-2-4-8-17(15)20-11-9-13(10-12-20)14-5-1-3-7-16(14)19/h1-8,13H,9-12,19H2. The van der Waals surface area contributed by atoms with Gasteiger partial charge in [0.05, 0.1) is 5.69 Å². The second kappa shape index (κ2) is 5.88. The first-order chi connectivity index (χ1) is 9.75. The number of rotatable bonds is 2. The van der Waals surface area contributed by atoms with Gasteiger partial charge in [0.15, 0.2) is 0 Å². The fourth-order valence-corrected chi connectivity index (χ4v) is 3.56. The molecule has 0 saturated carbocycles. The lowest BCUT2D eigenvalue weighted by atomic mass is 9.88. The van der Waals surface area contributed by atoms with Crippen LogP contribution < -0.4 is 10.6 Å². The monoisotopic (exact) mass is 330 g/mol. The minimum absolute atomic E-state index is 0.593. The lowest BCUT2D eigenvalue weighted by molar-refractivity contribution is 0.506. The van der Waals surface area contributed by atoms with Gasteiger partial charge in [-0.05, 0) is 58.5 Å². The summed E-state index contributed by atoms with van der Waals surface area (Å²) in [4.78, 5) is 2.46. The number of piperidine rings is 1. The van der Waals surface area contributed by atoms with Gasteiger partial charge in [-0.1, -0.05) is 30.3 Å². The second-order valence-electron chi connectivity index (χ2n) is 5.34. The summed E-state index contributed by atoms with van der Waals surface area (Å²) in [7, 11) is 0. The molecule has 0 bridgehead atoms. The Morgan fingerprint density at radius 2 is 1.60 bits per heavy atom. The topological polar surface area (TPSA) is 29.3 Å². The number of nitrogens with two attached hydrogens (primary N) is 1. The Balaban J connectivity index is 1.72. The number of hydrogen-bond donors (Lipinski definition) is 1. The van der Waals surface area contributed by atoms with Crippen LogP contribution in [0.4, 0.5) is 11.4 Å². The van der Waals surface area contributed by atoms with Crippen molar-refractivity contribution in [3.8, 4) is 0 Å². The SMILES string of the molecule is Nc1ccccc1C1CCN(c2ccccc2Br)CC1. The van der Waals surface area contributed by atoms with Crippen molar-refractivity contribution in [1.82, 2.24) is 0 Å². The molecule has 20 heavy (non-hydrogen) atoms. The molecule has 1 fully saturated rings. The first kappa shape index (κ1) is 13.5. The van der Waals surface area contributed by atoms with E-state index in [-0.39, 0.29) is 0 Å². The molecule has 0 radical (unpaired) electrons. The number of nitrogen functional groups attached to an aromatic ring is 1. The molecule has 1 aliphatic rings. The summed E-state index contributed by atoms with van der Waals surface area (Å²) >= 11 is 3.64. The zero-order chi connectivity index (χ0) is 13.9. The fourth-order valence-electron chi connectivity index (χ4n) is 3.02. The minimum Gasteiger partial charge on any atom is -0.398 e. The Kier molecular flexibility index (Phi) is 3.97. The molecule has 0 aliphatic carbocycles. The van der Waals surface area contributed by atoms with Gasteiger partial charge in [-0.15, -0.1) is 0 Å². The Bertz CT molecular complexity index is 536. The Labute approximate surface area is 128 Å². The lowest BCUT2D eigenvalue weighted by Gasteiger charge is -2.34. The van der Waals surface area contributed by atoms with Crippen LogP contribution in [0, 0.1) is 0 Å². The molecule has 0 amide bonds. The summed E-state index contributed by atoms with van der Waals surface area (Å²) in [5, 5.41) is 0. The summed E-state index contributed by atoms with van der Waals surface area (Å²) in [6, 6.07) is 16.7. The van der Waals surface area contributed by atoms with E-state index in [4.69, 9.17) is 5.73 Å². The molecule has 0 atom stereocenters. The van der Waals surface area contributed by atoms with Crippen molar-refractivity contribution in [3.63, 3.8) is 0 Å². The molecular formula is C17H19BrN2. The highest BCUT2D eigenvalue weighted by Crippen LogP contribution is 2.35. The van der Waals surface area contributed by atoms with Gasteiger partial charge in [0.2, 0.25) is 0 Å². The third-order valence-corrected chi connectivity index (χ3v) is 4.79. The van der Waals surface area contributed by atoms with Crippen molar-refractivity contribution in [2.75, 3.05) is 23.7 Å². The summed E-state index contributed by atoms with van der Waals surface area (Å²) < 4.78 is 1.18. The summed E-state index contributed by atoms with van der Waals surface area (Å²) in [5.74, 6) is 0.593. The Morgan fingerprint density at radius 1 is 0.950 bits per heavy atom. The van der Waals surface area contributed by atoms with Crippen molar-refractivity contribution >= 4 is 27.3 Å². The van der Waals surface area contributed by atoms with E-state index in [1.54, 1.807) is 0 Å². The maximum Gasteiger partial charge on any atom is 0.0510 e. The van der Waals surface area contributed by atoms with Gasteiger partial charge in [0.25, 0.3) is 0 Å². The van der Waals surface area contributed by atoms with E-state index in [9.17, 15) is 0 Å². The first-order valence-electron chi connectivity index (χ1n) is 7.09. The third-order valence-electron chi connectivity index (χ3n) is 4.12. The molecule has 3 rings (SSSR count). The van der Waals surface area contributed by atoms with E-state index in [0.29, 0.717) is 5.92 Å². The molecule has 2 aromatic rings. The van der Waals surface area contributed by atoms with Gasteiger partial charge in [0.1, 0.15) is 0 Å². The molecule has 0 spiro atoms. The van der Waals surface area contributed by atoms with Crippen LogP contribution in [0.25, 0.3) is 0 Å². The van der Waals surface area contributed by atoms with Gasteiger partial charge in [-0.3, -0.25) is 0 Å². The average Bonchev–Trinajstić information content (AvgIpc) is 2.49. The van der Waals surface area contributed by atoms with Crippen molar-refractivity contribution in [1.29, 1.82) is 0 Å². The smallest absolute Gasteiger partial charge is 0.0510 e. The molecule has 1 saturated heterocycles. The highest BCUT2D eigenvalue weighted by atomic mass is 79.9. The molecule has 1 aliphatic heterocycles. The Morgan fingerprint density at radius 3 is 2.30 bits per heavy atom. The number of anilines is 2. The summed E-state index contributed by atoms with van der Waals surface area (Å²) in [6.45, 7) is 2.17. The van der Waals surface area contributed by atoms with Crippen LogP contribution >= 0.6 is 15.9 Å². The quantitative estimate of drug-likeness (QED) is 0.826. The molecule has 104 valence electrons. The van der Waals surface area contributed by atoms with Crippen LogP contribution in [0.3, 0.4) is 0 Å². The molecule has 1 heterocycles. The van der Waals surface area contributed by atoms with Crippen molar-refractivity contribution < 1.29 is 0 Å². The van der Waals surface area contributed by atoms with Crippen LogP contribution in [0.1, 0.15) is 24.3 Å². The number of para-hydroxylation sites is 2. The average molecular weight is 331 g/mol. The summed E-state index contributed by atoms with van der Waals surface area (Å²) in [5.41, 5.74) is 9.65. The van der Waals surface area contributed by atoms with E-state index in [0.717, 1.165) is 31.6 Å². The highest BCUT2D eigenvalue weighted by Gasteiger charge is 2.22. The van der Waals surface area contributed by atoms with Crippen LogP contribution in [0.2, 0.25) is 0 Å². The number of halogens is 1. The predicted molar refractivity (Wildman–Crippen MR) is 89.2 cm³/mol. The summed E-state index contributed by atoms with van der Waals surface area (Å²) in [6.07, 6.45) is 2.32. The van der Waals surface area contributed by atoms with Gasteiger partial charge in [-0.25, -0.2) is 0 Å². The minimum atomic E-state index is 0.593. The van der Waals surface area contributed by atoms with Crippen LogP contribution in [0.15, 0.2) is 53.0 Å². The van der Waals surface area contributed by atoms with Gasteiger partial charge >= 0.3 is 0 Å². The van der Waals surface area contributed by atoms with Gasteiger partial charge in [-0.2, -0.15) is 0 Å². The largest absolute Gasteiger partial charge is 0.398 e. The van der Waals surface area contributed by atoms with Crippen molar-refractivity contribution in [2.45, 2.75) is 18.8 Å². The van der Waals surface area contributed by atoms with Gasteiger partial charge in [0, 0.05) is 23.2 Å². The van der Waals surface area contributed by atoms with Crippen molar-refractivity contribution in [3.05, 3.63) is 58.6 Å². The normalized spacial score (nSPS) is 16.4. The van der Waals surface area contributed by atoms with Crippen molar-refractivity contribution in [2.24, 2.45) is 0 Å². The number of hydrogen-bond acceptors (Lipinski definition) is 2. The fraction of sp³-hybridized carbons (Fsp3) is 0.294. The molecule has 0 unspecified atom stereocenters. The van der Waals surface area contributed by atoms with Crippen LogP contribution in [0.5, 0.6) is 0 Å². The number of benzene rings is 2. The van der Waals surface area contributed by atoms with E-state index in [1.807, 2.05) is 12.1 Å². The lowest BCUT2D eigenvalue weighted by Crippen LogP contribution is -2.33. The van der Waals surface area contributed by atoms with Crippen LogP contribution in [-0.4, -0.2) is 13.1 Å². The zero-order valence-electron chi connectivity index (χ0n) is 11.4. The molecular weight excluding hydrogens is 312 g/mol. The molecule has 2 aromatic carbocycles. The molecule has 3 heteroatoms. The van der Waals surface area contributed by atoms with E-state index in [1.165, 1.54) is 15.7 Å². The van der Waals surface area contributed by atoms with E-state index >= 15 is 0 Å². The van der Waals surface area contributed by atoms with E-state index in [2.05, 4.69) is 57.2 Å². The predicted octanol–water partition coefficient (Wildman–Crippen LogP) is 4.42. The molecule has 2 N–H and O–H groups in total. The van der Waals surface area contributed by atoms with E-state index < -0.39 is 0 Å². The first-order valence-corrected chi connectivity index (χ1v) is 7.89. The van der Waals surface area contributed by atoms with Crippen LogP contribution in [-0.2, 0) is 0 Å². The van der Waals surface area contributed by atoms with Gasteiger partial charge < -0.3 is 10.6 Å². The maximum absolute atomic E-state index is 6.10. The Hall–Kier alpha value is -1.48. The molecule has 0 aromatic heterocycles. The third kappa shape index (κ3) is 2.68. The maximum atomic E-state index is 6.10.